The molecule has 0 bridgehead atoms. The summed E-state index contributed by atoms with van der Waals surface area (Å²) in [6.07, 6.45) is 1.82. The van der Waals surface area contributed by atoms with Crippen LogP contribution in [0.25, 0.3) is 0 Å². The molecule has 9 heteroatoms. The number of piperidine rings is 1. The number of ether oxygens (including phenoxy) is 1. The predicted octanol–water partition coefficient (Wildman–Crippen LogP) is 4.88. The van der Waals surface area contributed by atoms with Crippen LogP contribution >= 0.6 is 27.5 Å². The molecule has 1 atom stereocenters. The summed E-state index contributed by atoms with van der Waals surface area (Å²) >= 11 is 9.69. The normalized spacial score (nSPS) is 19.8. The van der Waals surface area contributed by atoms with Crippen LogP contribution in [-0.4, -0.2) is 44.4 Å². The largest absolute Gasteiger partial charge is 0.492 e. The van der Waals surface area contributed by atoms with E-state index in [-0.39, 0.29) is 27.8 Å². The molecule has 0 spiro atoms. The van der Waals surface area contributed by atoms with Crippen LogP contribution in [0.2, 0.25) is 5.02 Å². The standard InChI is InChI=1S/C23H26BrClN2O4S/c1-3-31-22-7-5-19(14-20(22)25)32(29,30)26-10-8-16(9-11-26)23(28)27-15(2)12-17-13-18(24)4-6-21(17)27/h4-7,13-16H,3,8-12H2,1-2H3/t15-/m0/s1. The molecule has 0 unspecified atom stereocenters. The summed E-state index contributed by atoms with van der Waals surface area (Å²) in [5, 5.41) is 0.270. The zero-order chi connectivity index (χ0) is 23.0. The molecule has 32 heavy (non-hydrogen) atoms. The molecule has 1 fully saturated rings. The first kappa shape index (κ1) is 23.5. The number of carbonyl (C=O) groups is 1. The second-order valence-electron chi connectivity index (χ2n) is 8.24. The van der Waals surface area contributed by atoms with E-state index in [0.29, 0.717) is 38.3 Å². The van der Waals surface area contributed by atoms with Crippen LogP contribution in [0.15, 0.2) is 45.8 Å². The van der Waals surface area contributed by atoms with Crippen LogP contribution in [0, 0.1) is 5.92 Å². The monoisotopic (exact) mass is 540 g/mol. The average Bonchev–Trinajstić information content (AvgIpc) is 3.09. The Bertz CT molecular complexity index is 1130. The SMILES string of the molecule is CCOc1ccc(S(=O)(=O)N2CCC(C(=O)N3c4ccc(Br)cc4C[C@@H]3C)CC2)cc1Cl. The van der Waals surface area contributed by atoms with Crippen molar-refractivity contribution < 1.29 is 17.9 Å². The number of fused-ring (bicyclic) bond motifs is 1. The summed E-state index contributed by atoms with van der Waals surface area (Å²) in [6.45, 7) is 4.95. The summed E-state index contributed by atoms with van der Waals surface area (Å²) in [5.74, 6) is 0.353. The van der Waals surface area contributed by atoms with Crippen LogP contribution in [0.1, 0.15) is 32.3 Å². The number of hydrogen-bond donors (Lipinski definition) is 0. The lowest BCUT2D eigenvalue weighted by Crippen LogP contribution is -2.46. The molecule has 0 saturated carbocycles. The number of benzene rings is 2. The lowest BCUT2D eigenvalue weighted by Gasteiger charge is -2.34. The van der Waals surface area contributed by atoms with Gasteiger partial charge in [-0.2, -0.15) is 4.31 Å². The molecule has 6 nitrogen and oxygen atoms in total. The van der Waals surface area contributed by atoms with E-state index < -0.39 is 10.0 Å². The summed E-state index contributed by atoms with van der Waals surface area (Å²) in [4.78, 5) is 15.4. The second kappa shape index (κ2) is 9.33. The first-order valence-electron chi connectivity index (χ1n) is 10.8. The van der Waals surface area contributed by atoms with Gasteiger partial charge in [0.2, 0.25) is 15.9 Å². The van der Waals surface area contributed by atoms with E-state index in [1.807, 2.05) is 24.0 Å². The van der Waals surface area contributed by atoms with Crippen LogP contribution < -0.4 is 9.64 Å². The van der Waals surface area contributed by atoms with E-state index in [9.17, 15) is 13.2 Å². The molecule has 0 aromatic heterocycles. The van der Waals surface area contributed by atoms with E-state index in [1.54, 1.807) is 6.07 Å². The van der Waals surface area contributed by atoms with E-state index in [4.69, 9.17) is 16.3 Å². The van der Waals surface area contributed by atoms with Gasteiger partial charge >= 0.3 is 0 Å². The molecule has 1 saturated heterocycles. The Kier molecular flexibility index (Phi) is 6.86. The minimum Gasteiger partial charge on any atom is -0.492 e. The summed E-state index contributed by atoms with van der Waals surface area (Å²) in [6, 6.07) is 10.6. The van der Waals surface area contributed by atoms with Crippen LogP contribution in [0.5, 0.6) is 5.75 Å². The topological polar surface area (TPSA) is 66.9 Å². The Morgan fingerprint density at radius 1 is 1.19 bits per heavy atom. The van der Waals surface area contributed by atoms with Gasteiger partial charge in [0.25, 0.3) is 0 Å². The van der Waals surface area contributed by atoms with Gasteiger partial charge in [0.1, 0.15) is 5.75 Å². The number of amides is 1. The summed E-state index contributed by atoms with van der Waals surface area (Å²) in [5.41, 5.74) is 2.12. The minimum atomic E-state index is -3.69. The Morgan fingerprint density at radius 2 is 1.91 bits per heavy atom. The highest BCUT2D eigenvalue weighted by Gasteiger charge is 2.38. The highest BCUT2D eigenvalue weighted by atomic mass is 79.9. The maximum absolute atomic E-state index is 13.3. The van der Waals surface area contributed by atoms with Crippen molar-refractivity contribution in [1.82, 2.24) is 4.31 Å². The highest BCUT2D eigenvalue weighted by molar-refractivity contribution is 9.10. The molecule has 0 radical (unpaired) electrons. The van der Waals surface area contributed by atoms with Crippen LogP contribution in [0.4, 0.5) is 5.69 Å². The number of rotatable bonds is 5. The van der Waals surface area contributed by atoms with Crippen molar-refractivity contribution in [3.8, 4) is 5.75 Å². The highest BCUT2D eigenvalue weighted by Crippen LogP contribution is 2.37. The Balaban J connectivity index is 1.45. The van der Waals surface area contributed by atoms with Crippen molar-refractivity contribution in [1.29, 1.82) is 0 Å². The van der Waals surface area contributed by atoms with E-state index >= 15 is 0 Å². The summed E-state index contributed by atoms with van der Waals surface area (Å²) in [7, 11) is -3.69. The van der Waals surface area contributed by atoms with E-state index in [0.717, 1.165) is 22.1 Å². The molecule has 2 aliphatic rings. The molecule has 0 N–H and O–H groups in total. The zero-order valence-electron chi connectivity index (χ0n) is 18.1. The van der Waals surface area contributed by atoms with Crippen molar-refractivity contribution in [3.05, 3.63) is 51.5 Å². The third-order valence-electron chi connectivity index (χ3n) is 6.14. The number of halogens is 2. The molecule has 0 aliphatic carbocycles. The van der Waals surface area contributed by atoms with Gasteiger partial charge in [-0.3, -0.25) is 4.79 Å². The van der Waals surface area contributed by atoms with Crippen molar-refractivity contribution >= 4 is 49.1 Å². The maximum Gasteiger partial charge on any atom is 0.243 e. The van der Waals surface area contributed by atoms with Crippen molar-refractivity contribution in [2.45, 2.75) is 44.0 Å². The third-order valence-corrected chi connectivity index (χ3v) is 8.82. The van der Waals surface area contributed by atoms with Gasteiger partial charge in [0, 0.05) is 35.2 Å². The fourth-order valence-corrected chi connectivity index (χ4v) is 6.74. The van der Waals surface area contributed by atoms with Gasteiger partial charge in [-0.05, 0) is 75.1 Å². The molecular formula is C23H26BrClN2O4S. The van der Waals surface area contributed by atoms with Crippen LogP contribution in [0.3, 0.4) is 0 Å². The number of carbonyl (C=O) groups excluding carboxylic acids is 1. The van der Waals surface area contributed by atoms with Crippen LogP contribution in [-0.2, 0) is 21.2 Å². The lowest BCUT2D eigenvalue weighted by atomic mass is 9.96. The van der Waals surface area contributed by atoms with Gasteiger partial charge in [-0.1, -0.05) is 27.5 Å². The van der Waals surface area contributed by atoms with Crippen molar-refractivity contribution in [2.24, 2.45) is 5.92 Å². The second-order valence-corrected chi connectivity index (χ2v) is 11.5. The first-order chi connectivity index (χ1) is 15.2. The van der Waals surface area contributed by atoms with Gasteiger partial charge in [0.15, 0.2) is 0 Å². The molecule has 172 valence electrons. The van der Waals surface area contributed by atoms with Gasteiger partial charge in [-0.25, -0.2) is 8.42 Å². The smallest absolute Gasteiger partial charge is 0.243 e. The van der Waals surface area contributed by atoms with Gasteiger partial charge in [-0.15, -0.1) is 0 Å². The molecule has 2 heterocycles. The van der Waals surface area contributed by atoms with Gasteiger partial charge in [0.05, 0.1) is 16.5 Å². The van der Waals surface area contributed by atoms with Gasteiger partial charge < -0.3 is 9.64 Å². The molecule has 4 rings (SSSR count). The molecule has 2 aromatic carbocycles. The Labute approximate surface area is 202 Å². The van der Waals surface area contributed by atoms with Crippen molar-refractivity contribution in [2.75, 3.05) is 24.6 Å². The molecule has 2 aliphatic heterocycles. The summed E-state index contributed by atoms with van der Waals surface area (Å²) < 4.78 is 34.1. The van der Waals surface area contributed by atoms with E-state index in [2.05, 4.69) is 28.9 Å². The maximum atomic E-state index is 13.3. The molecular weight excluding hydrogens is 516 g/mol. The fourth-order valence-electron chi connectivity index (χ4n) is 4.54. The predicted molar refractivity (Wildman–Crippen MR) is 129 cm³/mol. The number of hydrogen-bond acceptors (Lipinski definition) is 4. The minimum absolute atomic E-state index is 0.0831. The zero-order valence-corrected chi connectivity index (χ0v) is 21.2. The number of nitrogens with zero attached hydrogens (tertiary/aromatic N) is 2. The number of anilines is 1. The third kappa shape index (κ3) is 4.42. The molecule has 1 amide bonds. The average molecular weight is 542 g/mol. The van der Waals surface area contributed by atoms with Crippen molar-refractivity contribution in [3.63, 3.8) is 0 Å². The van der Waals surface area contributed by atoms with E-state index in [1.165, 1.54) is 16.4 Å². The Morgan fingerprint density at radius 3 is 2.56 bits per heavy atom. The lowest BCUT2D eigenvalue weighted by molar-refractivity contribution is -0.123. The first-order valence-corrected chi connectivity index (χ1v) is 13.4. The Hall–Kier alpha value is -1.61. The quantitative estimate of drug-likeness (QED) is 0.541. The number of sulfonamides is 1. The fraction of sp³-hybridized carbons (Fsp3) is 0.435. The molecule has 2 aromatic rings.